The first kappa shape index (κ1) is 38.7. The Kier molecular flexibility index (Phi) is 9.07. The highest BCUT2D eigenvalue weighted by atomic mass is 15.2. The van der Waals surface area contributed by atoms with E-state index in [1.54, 1.807) is 0 Å². The van der Waals surface area contributed by atoms with Crippen molar-refractivity contribution in [2.45, 2.75) is 58.3 Å². The van der Waals surface area contributed by atoms with Gasteiger partial charge >= 0.3 is 0 Å². The highest BCUT2D eigenvalue weighted by molar-refractivity contribution is 5.90. The maximum Gasteiger partial charge on any atom is 0.0530 e. The molecule has 2 heterocycles. The van der Waals surface area contributed by atoms with Crippen molar-refractivity contribution in [3.05, 3.63) is 238 Å². The zero-order chi connectivity index (χ0) is 43.0. The summed E-state index contributed by atoms with van der Waals surface area (Å²) in [5.41, 5.74) is 25.4. The van der Waals surface area contributed by atoms with Crippen molar-refractivity contribution < 1.29 is 0 Å². The van der Waals surface area contributed by atoms with Crippen LogP contribution in [0.5, 0.6) is 0 Å². The minimum atomic E-state index is -0.170. The number of benzene rings is 7. The molecule has 0 N–H and O–H groups in total. The molecule has 2 heteroatoms. The van der Waals surface area contributed by atoms with Crippen LogP contribution in [-0.2, 0) is 23.7 Å². The second-order valence-electron chi connectivity index (χ2n) is 18.6. The molecule has 0 radical (unpaired) electrons. The molecule has 11 rings (SSSR count). The number of para-hydroxylation sites is 3. The van der Waals surface area contributed by atoms with Crippen LogP contribution in [0.1, 0.15) is 84.7 Å². The van der Waals surface area contributed by atoms with E-state index in [0.29, 0.717) is 0 Å². The maximum atomic E-state index is 3.92. The van der Waals surface area contributed by atoms with Crippen molar-refractivity contribution in [3.63, 3.8) is 0 Å². The van der Waals surface area contributed by atoms with Gasteiger partial charge in [-0.25, -0.2) is 0 Å². The summed E-state index contributed by atoms with van der Waals surface area (Å²) in [6.07, 6.45) is 17.1. The highest BCUT2D eigenvalue weighted by Crippen LogP contribution is 2.53. The van der Waals surface area contributed by atoms with Crippen LogP contribution >= 0.6 is 0 Å². The minimum absolute atomic E-state index is 0.151. The van der Waals surface area contributed by atoms with Crippen molar-refractivity contribution in [1.29, 1.82) is 0 Å². The maximum absolute atomic E-state index is 3.92. The lowest BCUT2D eigenvalue weighted by atomic mass is 9.81. The van der Waals surface area contributed by atoms with Crippen LogP contribution in [0.25, 0.3) is 40.5 Å². The molecule has 2 nitrogen and oxygen atoms in total. The lowest BCUT2D eigenvalue weighted by Gasteiger charge is -2.29. The van der Waals surface area contributed by atoms with Gasteiger partial charge in [0.05, 0.1) is 5.69 Å². The zero-order valence-corrected chi connectivity index (χ0v) is 36.9. The molecular weight excluding hydrogens is 761 g/mol. The monoisotopic (exact) mass is 812 g/mol. The summed E-state index contributed by atoms with van der Waals surface area (Å²) >= 11 is 0. The third-order valence-electron chi connectivity index (χ3n) is 14.3. The van der Waals surface area contributed by atoms with Gasteiger partial charge in [0.1, 0.15) is 0 Å². The molecule has 63 heavy (non-hydrogen) atoms. The number of hydrogen-bond donors (Lipinski definition) is 0. The first-order valence-corrected chi connectivity index (χ1v) is 22.4. The molecule has 0 saturated carbocycles. The van der Waals surface area contributed by atoms with Crippen LogP contribution < -0.4 is 9.80 Å². The zero-order valence-electron chi connectivity index (χ0n) is 36.9. The first-order valence-electron chi connectivity index (χ1n) is 22.4. The topological polar surface area (TPSA) is 6.48 Å². The molecule has 2 aliphatic carbocycles. The second-order valence-corrected chi connectivity index (χ2v) is 18.6. The SMILES string of the molecule is C=C/C=C\C1=C(C)N(c2ccc3c(c2)C(C)(C)c2cc(/C=C/c4ccc5c(c4)C(C)(C)c4cc(N6c7ccccc7CCc7ccccc76)ccc4-5)ccc2-3)c2ccccc2C=C1. The van der Waals surface area contributed by atoms with Gasteiger partial charge in [-0.1, -0.05) is 180 Å². The fourth-order valence-electron chi connectivity index (χ4n) is 10.8. The van der Waals surface area contributed by atoms with E-state index in [1.807, 2.05) is 12.2 Å². The fraction of sp³-hybridized carbons (Fsp3) is 0.148. The third kappa shape index (κ3) is 6.22. The number of nitrogens with zero attached hydrogens (tertiary/aromatic N) is 2. The summed E-state index contributed by atoms with van der Waals surface area (Å²) < 4.78 is 0. The number of rotatable bonds is 6. The Balaban J connectivity index is 0.893. The number of fused-ring (bicyclic) bond motifs is 9. The number of allylic oxidation sites excluding steroid dienone is 6. The Hall–Kier alpha value is -7.16. The second kappa shape index (κ2) is 14.7. The summed E-state index contributed by atoms with van der Waals surface area (Å²) in [4.78, 5) is 4.90. The number of aryl methyl sites for hydroxylation is 2. The Bertz CT molecular complexity index is 3120. The molecule has 4 aliphatic rings. The third-order valence-corrected chi connectivity index (χ3v) is 14.3. The van der Waals surface area contributed by atoms with Crippen LogP contribution in [0.2, 0.25) is 0 Å². The minimum Gasteiger partial charge on any atom is -0.313 e. The van der Waals surface area contributed by atoms with Gasteiger partial charge in [-0.15, -0.1) is 0 Å². The van der Waals surface area contributed by atoms with Crippen LogP contribution in [0.15, 0.2) is 188 Å². The smallest absolute Gasteiger partial charge is 0.0530 e. The molecule has 0 saturated heterocycles. The predicted octanol–water partition coefficient (Wildman–Crippen LogP) is 16.2. The van der Waals surface area contributed by atoms with Crippen LogP contribution in [0.4, 0.5) is 28.4 Å². The predicted molar refractivity (Wildman–Crippen MR) is 269 cm³/mol. The van der Waals surface area contributed by atoms with Gasteiger partial charge in [-0.05, 0) is 140 Å². The van der Waals surface area contributed by atoms with E-state index in [1.165, 1.54) is 106 Å². The van der Waals surface area contributed by atoms with E-state index in [-0.39, 0.29) is 10.8 Å². The van der Waals surface area contributed by atoms with Gasteiger partial charge in [0, 0.05) is 39.3 Å². The molecule has 0 amide bonds. The van der Waals surface area contributed by atoms with Crippen LogP contribution in [0.3, 0.4) is 0 Å². The summed E-state index contributed by atoms with van der Waals surface area (Å²) in [6.45, 7) is 15.7. The normalized spacial score (nSPS) is 16.2. The van der Waals surface area contributed by atoms with Crippen molar-refractivity contribution in [2.75, 3.05) is 9.80 Å². The van der Waals surface area contributed by atoms with E-state index < -0.39 is 0 Å². The Labute approximate surface area is 373 Å². The summed E-state index contributed by atoms with van der Waals surface area (Å²) in [6, 6.07) is 54.8. The quantitative estimate of drug-likeness (QED) is 0.122. The average molecular weight is 813 g/mol. The Morgan fingerprint density at radius 2 is 0.937 bits per heavy atom. The van der Waals surface area contributed by atoms with E-state index >= 15 is 0 Å². The lowest BCUT2D eigenvalue weighted by molar-refractivity contribution is 0.660. The van der Waals surface area contributed by atoms with Gasteiger partial charge in [-0.2, -0.15) is 0 Å². The summed E-state index contributed by atoms with van der Waals surface area (Å²) in [5, 5.41) is 0. The number of hydrogen-bond acceptors (Lipinski definition) is 2. The van der Waals surface area contributed by atoms with Gasteiger partial charge in [0.2, 0.25) is 0 Å². The Morgan fingerprint density at radius 3 is 1.48 bits per heavy atom. The van der Waals surface area contributed by atoms with E-state index in [9.17, 15) is 0 Å². The standard InChI is InChI=1S/C61H52N2/c1-7-8-15-43-26-27-44-16-9-12-19-57(44)62(40(43)2)47-30-34-51-49-32-24-41(36-53(49)60(3,4)55(51)38-47)22-23-42-25-33-50-52-35-31-48(39-56(52)61(5,6)54(50)37-42)63-58-20-13-10-17-45(58)28-29-46-18-11-14-21-59(46)63/h7-27,30-39H,1,28-29H2,2-6H3/b15-8-,23-22+. The molecule has 0 fully saturated rings. The highest BCUT2D eigenvalue weighted by Gasteiger charge is 2.38. The molecule has 7 aromatic carbocycles. The van der Waals surface area contributed by atoms with Crippen molar-refractivity contribution in [3.8, 4) is 22.3 Å². The van der Waals surface area contributed by atoms with Gasteiger partial charge < -0.3 is 9.80 Å². The average Bonchev–Trinajstić information content (AvgIpc) is 3.48. The first-order chi connectivity index (χ1) is 30.6. The van der Waals surface area contributed by atoms with E-state index in [2.05, 4.69) is 227 Å². The molecule has 7 aromatic rings. The molecular formula is C61H52N2. The van der Waals surface area contributed by atoms with Crippen LogP contribution in [-0.4, -0.2) is 0 Å². The van der Waals surface area contributed by atoms with Gasteiger partial charge in [0.15, 0.2) is 0 Å². The fourth-order valence-corrected chi connectivity index (χ4v) is 10.8. The van der Waals surface area contributed by atoms with E-state index in [0.717, 1.165) is 18.4 Å². The van der Waals surface area contributed by atoms with Crippen molar-refractivity contribution in [2.24, 2.45) is 0 Å². The molecule has 2 aliphatic heterocycles. The molecule has 0 spiro atoms. The summed E-state index contributed by atoms with van der Waals surface area (Å²) in [5.74, 6) is 0. The number of anilines is 5. The molecule has 0 atom stereocenters. The van der Waals surface area contributed by atoms with Crippen LogP contribution in [0, 0.1) is 0 Å². The largest absolute Gasteiger partial charge is 0.313 e. The van der Waals surface area contributed by atoms with E-state index in [4.69, 9.17) is 0 Å². The van der Waals surface area contributed by atoms with Crippen molar-refractivity contribution >= 4 is 46.7 Å². The van der Waals surface area contributed by atoms with Crippen molar-refractivity contribution in [1.82, 2.24) is 0 Å². The van der Waals surface area contributed by atoms with Gasteiger partial charge in [-0.3, -0.25) is 0 Å². The Morgan fingerprint density at radius 1 is 0.476 bits per heavy atom. The summed E-state index contributed by atoms with van der Waals surface area (Å²) in [7, 11) is 0. The van der Waals surface area contributed by atoms with Gasteiger partial charge in [0.25, 0.3) is 0 Å². The lowest BCUT2D eigenvalue weighted by Crippen LogP contribution is -2.19. The molecule has 0 bridgehead atoms. The molecule has 0 aromatic heterocycles. The molecule has 306 valence electrons. The molecule has 0 unspecified atom stereocenters.